The smallest absolute Gasteiger partial charge is 0.224 e. The van der Waals surface area contributed by atoms with Crippen LogP contribution in [0.15, 0.2) is 36.5 Å². The minimum atomic E-state index is 0.0128. The van der Waals surface area contributed by atoms with Crippen LogP contribution < -0.4 is 10.6 Å². The van der Waals surface area contributed by atoms with E-state index in [0.717, 1.165) is 12.1 Å². The molecule has 0 saturated carbocycles. The summed E-state index contributed by atoms with van der Waals surface area (Å²) in [5, 5.41) is 14.8. The molecule has 86 valence electrons. The number of nitrogens with zero attached hydrogens (tertiary/aromatic N) is 1. The van der Waals surface area contributed by atoms with Gasteiger partial charge in [-0.1, -0.05) is 12.6 Å². The Morgan fingerprint density at radius 1 is 1.53 bits per heavy atom. The van der Waals surface area contributed by atoms with Gasteiger partial charge in [0, 0.05) is 17.8 Å². The van der Waals surface area contributed by atoms with E-state index in [2.05, 4.69) is 23.3 Å². The maximum Gasteiger partial charge on any atom is 0.224 e. The molecular formula is C13H13N3O. The summed E-state index contributed by atoms with van der Waals surface area (Å²) in [6.07, 6.45) is 1.22. The van der Waals surface area contributed by atoms with Crippen molar-refractivity contribution < 1.29 is 4.79 Å². The molecule has 1 aliphatic heterocycles. The standard InChI is InChI=1S/C13H13N3O/c1-9-12(5-6-13(17)15-9)16-11-4-2-3-10(7-11)8-14/h2-4,7,12,16H,1,5-6H2,(H,15,17). The van der Waals surface area contributed by atoms with Crippen molar-refractivity contribution in [3.63, 3.8) is 0 Å². The Morgan fingerprint density at radius 2 is 2.35 bits per heavy atom. The predicted molar refractivity (Wildman–Crippen MR) is 65.1 cm³/mol. The molecule has 1 heterocycles. The summed E-state index contributed by atoms with van der Waals surface area (Å²) < 4.78 is 0. The summed E-state index contributed by atoms with van der Waals surface area (Å²) >= 11 is 0. The molecule has 1 aromatic rings. The van der Waals surface area contributed by atoms with Gasteiger partial charge in [-0.15, -0.1) is 0 Å². The average molecular weight is 227 g/mol. The van der Waals surface area contributed by atoms with Crippen molar-refractivity contribution in [2.24, 2.45) is 0 Å². The lowest BCUT2D eigenvalue weighted by Gasteiger charge is -2.26. The summed E-state index contributed by atoms with van der Waals surface area (Å²) in [5.41, 5.74) is 2.16. The maximum absolute atomic E-state index is 11.1. The van der Waals surface area contributed by atoms with Gasteiger partial charge in [0.05, 0.1) is 17.7 Å². The second-order valence-electron chi connectivity index (χ2n) is 4.00. The van der Waals surface area contributed by atoms with Gasteiger partial charge in [-0.3, -0.25) is 4.79 Å². The fourth-order valence-electron chi connectivity index (χ4n) is 1.82. The molecule has 0 radical (unpaired) electrons. The quantitative estimate of drug-likeness (QED) is 0.809. The fraction of sp³-hybridized carbons (Fsp3) is 0.231. The Bertz CT molecular complexity index is 502. The normalized spacial score (nSPS) is 19.4. The van der Waals surface area contributed by atoms with E-state index in [1.165, 1.54) is 0 Å². The molecule has 1 aliphatic rings. The van der Waals surface area contributed by atoms with Crippen LogP contribution in [0, 0.1) is 11.3 Å². The second-order valence-corrected chi connectivity index (χ2v) is 4.00. The molecule has 1 fully saturated rings. The van der Waals surface area contributed by atoms with Crippen molar-refractivity contribution in [1.82, 2.24) is 5.32 Å². The number of anilines is 1. The van der Waals surface area contributed by atoms with Crippen LogP contribution in [0.4, 0.5) is 5.69 Å². The number of rotatable bonds is 2. The highest BCUT2D eigenvalue weighted by atomic mass is 16.1. The van der Waals surface area contributed by atoms with Crippen LogP contribution in [-0.4, -0.2) is 11.9 Å². The highest BCUT2D eigenvalue weighted by Gasteiger charge is 2.21. The Morgan fingerprint density at radius 3 is 3.06 bits per heavy atom. The minimum absolute atomic E-state index is 0.0128. The lowest BCUT2D eigenvalue weighted by Crippen LogP contribution is -2.39. The van der Waals surface area contributed by atoms with Gasteiger partial charge in [-0.2, -0.15) is 5.26 Å². The summed E-state index contributed by atoms with van der Waals surface area (Å²) in [6.45, 7) is 3.83. The van der Waals surface area contributed by atoms with E-state index < -0.39 is 0 Å². The van der Waals surface area contributed by atoms with E-state index in [0.29, 0.717) is 17.7 Å². The Balaban J connectivity index is 2.08. The summed E-state index contributed by atoms with van der Waals surface area (Å²) in [4.78, 5) is 11.1. The van der Waals surface area contributed by atoms with Crippen molar-refractivity contribution in [2.45, 2.75) is 18.9 Å². The molecule has 4 nitrogen and oxygen atoms in total. The largest absolute Gasteiger partial charge is 0.377 e. The van der Waals surface area contributed by atoms with Gasteiger partial charge >= 0.3 is 0 Å². The van der Waals surface area contributed by atoms with Gasteiger partial charge in [-0.05, 0) is 24.6 Å². The highest BCUT2D eigenvalue weighted by Crippen LogP contribution is 2.18. The number of benzene rings is 1. The molecule has 0 aromatic heterocycles. The summed E-state index contributed by atoms with van der Waals surface area (Å²) in [7, 11) is 0. The molecule has 1 unspecified atom stereocenters. The Kier molecular flexibility index (Phi) is 3.10. The number of carbonyl (C=O) groups is 1. The molecule has 1 atom stereocenters. The van der Waals surface area contributed by atoms with E-state index in [1.807, 2.05) is 12.1 Å². The van der Waals surface area contributed by atoms with Gasteiger partial charge in [0.15, 0.2) is 0 Å². The Hall–Kier alpha value is -2.28. The topological polar surface area (TPSA) is 64.9 Å². The second kappa shape index (κ2) is 4.71. The lowest BCUT2D eigenvalue weighted by atomic mass is 10.0. The number of carbonyl (C=O) groups excluding carboxylic acids is 1. The van der Waals surface area contributed by atoms with Crippen molar-refractivity contribution in [3.8, 4) is 6.07 Å². The zero-order valence-corrected chi connectivity index (χ0v) is 9.36. The third kappa shape index (κ3) is 2.64. The van der Waals surface area contributed by atoms with Crippen molar-refractivity contribution in [3.05, 3.63) is 42.1 Å². The molecule has 0 aliphatic carbocycles. The molecule has 4 heteroatoms. The van der Waals surface area contributed by atoms with Crippen LogP contribution in [0.25, 0.3) is 0 Å². The Labute approximate surface area is 99.9 Å². The van der Waals surface area contributed by atoms with Crippen molar-refractivity contribution >= 4 is 11.6 Å². The molecule has 1 amide bonds. The van der Waals surface area contributed by atoms with Crippen LogP contribution in [0.5, 0.6) is 0 Å². The molecule has 0 spiro atoms. The lowest BCUT2D eigenvalue weighted by molar-refractivity contribution is -0.121. The summed E-state index contributed by atoms with van der Waals surface area (Å²) in [5.74, 6) is 0.0128. The van der Waals surface area contributed by atoms with Crippen molar-refractivity contribution in [2.75, 3.05) is 5.32 Å². The van der Waals surface area contributed by atoms with Gasteiger partial charge < -0.3 is 10.6 Å². The average Bonchev–Trinajstić information content (AvgIpc) is 2.33. The molecule has 17 heavy (non-hydrogen) atoms. The predicted octanol–water partition coefficient (Wildman–Crippen LogP) is 1.76. The zero-order valence-electron chi connectivity index (χ0n) is 9.36. The fourth-order valence-corrected chi connectivity index (χ4v) is 1.82. The van der Waals surface area contributed by atoms with Crippen molar-refractivity contribution in [1.29, 1.82) is 5.26 Å². The van der Waals surface area contributed by atoms with Crippen LogP contribution in [-0.2, 0) is 4.79 Å². The van der Waals surface area contributed by atoms with Gasteiger partial charge in [0.25, 0.3) is 0 Å². The maximum atomic E-state index is 11.1. The number of nitrogens with one attached hydrogen (secondary N) is 2. The van der Waals surface area contributed by atoms with E-state index in [9.17, 15) is 4.79 Å². The molecule has 0 bridgehead atoms. The number of hydrogen-bond acceptors (Lipinski definition) is 3. The first kappa shape index (κ1) is 11.2. The van der Waals surface area contributed by atoms with Crippen LogP contribution in [0.1, 0.15) is 18.4 Å². The third-order valence-electron chi connectivity index (χ3n) is 2.71. The SMILES string of the molecule is C=C1NC(=O)CCC1Nc1cccc(C#N)c1. The van der Waals surface area contributed by atoms with E-state index in [1.54, 1.807) is 12.1 Å². The van der Waals surface area contributed by atoms with Gasteiger partial charge in [0.2, 0.25) is 5.91 Å². The zero-order chi connectivity index (χ0) is 12.3. The first-order valence-corrected chi connectivity index (χ1v) is 5.44. The molecule has 1 aromatic carbocycles. The van der Waals surface area contributed by atoms with Gasteiger partial charge in [0.1, 0.15) is 0 Å². The number of nitriles is 1. The van der Waals surface area contributed by atoms with Crippen LogP contribution in [0.3, 0.4) is 0 Å². The number of piperidine rings is 1. The molecule has 1 saturated heterocycles. The van der Waals surface area contributed by atoms with Crippen LogP contribution in [0.2, 0.25) is 0 Å². The van der Waals surface area contributed by atoms with E-state index in [4.69, 9.17) is 5.26 Å². The summed E-state index contributed by atoms with van der Waals surface area (Å²) in [6, 6.07) is 9.37. The monoisotopic (exact) mass is 227 g/mol. The molecule has 2 N–H and O–H groups in total. The highest BCUT2D eigenvalue weighted by molar-refractivity contribution is 5.79. The van der Waals surface area contributed by atoms with Crippen LogP contribution >= 0.6 is 0 Å². The first-order valence-electron chi connectivity index (χ1n) is 5.44. The van der Waals surface area contributed by atoms with Gasteiger partial charge in [-0.25, -0.2) is 0 Å². The molecule has 2 rings (SSSR count). The first-order chi connectivity index (χ1) is 8.19. The van der Waals surface area contributed by atoms with E-state index >= 15 is 0 Å². The van der Waals surface area contributed by atoms with E-state index in [-0.39, 0.29) is 11.9 Å². The molecular weight excluding hydrogens is 214 g/mol. The number of hydrogen-bond donors (Lipinski definition) is 2. The minimum Gasteiger partial charge on any atom is -0.377 e. The number of amides is 1. The third-order valence-corrected chi connectivity index (χ3v) is 2.71.